The summed E-state index contributed by atoms with van der Waals surface area (Å²) in [7, 11) is 0. The van der Waals surface area contributed by atoms with E-state index in [2.05, 4.69) is 26.2 Å². The number of carbonyl (C=O) groups excluding carboxylic acids is 4. The Kier molecular flexibility index (Phi) is 11.6. The Morgan fingerprint density at radius 2 is 1.74 bits per heavy atom. The highest BCUT2D eigenvalue weighted by Crippen LogP contribution is 2.31. The summed E-state index contributed by atoms with van der Waals surface area (Å²) >= 11 is 0. The maximum Gasteiger partial charge on any atom is 0.255 e. The molecule has 10 heteroatoms. The zero-order chi connectivity index (χ0) is 30.0. The fourth-order valence-electron chi connectivity index (χ4n) is 6.16. The van der Waals surface area contributed by atoms with Crippen molar-refractivity contribution in [2.24, 2.45) is 5.92 Å². The van der Waals surface area contributed by atoms with Crippen molar-refractivity contribution in [2.75, 3.05) is 32.8 Å². The molecule has 3 aliphatic rings. The fraction of sp³-hybridized carbons (Fsp3) is 0.688. The van der Waals surface area contributed by atoms with E-state index < -0.39 is 17.5 Å². The van der Waals surface area contributed by atoms with Gasteiger partial charge in [-0.05, 0) is 76.2 Å². The fourth-order valence-corrected chi connectivity index (χ4v) is 6.16. The van der Waals surface area contributed by atoms with Gasteiger partial charge in [0.15, 0.2) is 0 Å². The zero-order valence-electron chi connectivity index (χ0n) is 25.3. The number of amides is 4. The van der Waals surface area contributed by atoms with E-state index in [-0.39, 0.29) is 49.1 Å². The van der Waals surface area contributed by atoms with E-state index in [1.807, 2.05) is 13.8 Å². The molecule has 10 nitrogen and oxygen atoms in total. The molecule has 42 heavy (non-hydrogen) atoms. The minimum absolute atomic E-state index is 0.00688. The lowest BCUT2D eigenvalue weighted by atomic mass is 9.94. The molecule has 1 aromatic rings. The summed E-state index contributed by atoms with van der Waals surface area (Å²) in [5, 5.41) is 12.0. The Morgan fingerprint density at radius 3 is 2.45 bits per heavy atom. The van der Waals surface area contributed by atoms with Gasteiger partial charge in [0.2, 0.25) is 17.7 Å². The predicted octanol–water partition coefficient (Wildman–Crippen LogP) is 2.91. The molecule has 4 N–H and O–H groups in total. The number of nitrogens with one attached hydrogen (secondary N) is 4. The molecule has 0 radical (unpaired) electrons. The van der Waals surface area contributed by atoms with Gasteiger partial charge in [-0.3, -0.25) is 19.2 Å². The van der Waals surface area contributed by atoms with Gasteiger partial charge in [0, 0.05) is 13.0 Å². The van der Waals surface area contributed by atoms with Crippen LogP contribution in [0.4, 0.5) is 0 Å². The molecule has 2 fully saturated rings. The van der Waals surface area contributed by atoms with E-state index in [0.717, 1.165) is 38.9 Å². The maximum atomic E-state index is 13.6. The second-order valence-electron chi connectivity index (χ2n) is 12.4. The Morgan fingerprint density at radius 1 is 1.02 bits per heavy atom. The Balaban J connectivity index is 1.49. The number of nitrogens with zero attached hydrogens (tertiary/aromatic N) is 1. The number of hydrogen-bond donors (Lipinski definition) is 4. The third-order valence-corrected chi connectivity index (χ3v) is 8.87. The van der Waals surface area contributed by atoms with Crippen LogP contribution in [0, 0.1) is 5.92 Å². The molecule has 1 saturated heterocycles. The van der Waals surface area contributed by atoms with Gasteiger partial charge in [-0.2, -0.15) is 0 Å². The molecule has 0 unspecified atom stereocenters. The first-order valence-corrected chi connectivity index (χ1v) is 15.9. The molecule has 2 heterocycles. The minimum atomic E-state index is -0.976. The first-order chi connectivity index (χ1) is 20.3. The number of ether oxygens (including phenoxy) is 1. The van der Waals surface area contributed by atoms with Crippen LogP contribution >= 0.6 is 0 Å². The van der Waals surface area contributed by atoms with Crippen LogP contribution in [0.5, 0.6) is 5.75 Å². The van der Waals surface area contributed by atoms with Gasteiger partial charge in [0.25, 0.3) is 5.91 Å². The summed E-state index contributed by atoms with van der Waals surface area (Å²) in [5.74, 6) is -0.816. The SMILES string of the molecule is CC(C)[C@@H]1COc2ccccc2C(=O)N[C@H](C(=O)NCCCN2CCCCCC2)CCC(=O)NC2(CCCC2)C(=O)N1. The van der Waals surface area contributed by atoms with Crippen molar-refractivity contribution in [1.29, 1.82) is 0 Å². The maximum absolute atomic E-state index is 13.6. The van der Waals surface area contributed by atoms with Crippen LogP contribution in [0.2, 0.25) is 0 Å². The molecule has 4 amide bonds. The van der Waals surface area contributed by atoms with Crippen LogP contribution in [0.15, 0.2) is 24.3 Å². The van der Waals surface area contributed by atoms with Crippen LogP contribution < -0.4 is 26.0 Å². The summed E-state index contributed by atoms with van der Waals surface area (Å²) < 4.78 is 6.10. The molecular weight excluding hydrogens is 534 g/mol. The van der Waals surface area contributed by atoms with E-state index in [0.29, 0.717) is 30.7 Å². The summed E-state index contributed by atoms with van der Waals surface area (Å²) in [4.78, 5) is 56.0. The number of para-hydroxylation sites is 1. The molecule has 1 saturated carbocycles. The molecule has 232 valence electrons. The van der Waals surface area contributed by atoms with Crippen LogP contribution in [-0.4, -0.2) is 78.9 Å². The third-order valence-electron chi connectivity index (χ3n) is 8.87. The van der Waals surface area contributed by atoms with Crippen molar-refractivity contribution in [3.63, 3.8) is 0 Å². The third kappa shape index (κ3) is 8.69. The summed E-state index contributed by atoms with van der Waals surface area (Å²) in [6, 6.07) is 5.67. The van der Waals surface area contributed by atoms with Crippen molar-refractivity contribution in [3.05, 3.63) is 29.8 Å². The predicted molar refractivity (Wildman–Crippen MR) is 161 cm³/mol. The van der Waals surface area contributed by atoms with E-state index >= 15 is 0 Å². The lowest BCUT2D eigenvalue weighted by molar-refractivity contribution is -0.134. The quantitative estimate of drug-likeness (QED) is 0.381. The normalized spacial score (nSPS) is 24.3. The number of rotatable bonds is 6. The molecule has 2 aliphatic heterocycles. The molecule has 1 aromatic carbocycles. The lowest BCUT2D eigenvalue weighted by Gasteiger charge is -2.32. The topological polar surface area (TPSA) is 129 Å². The monoisotopic (exact) mass is 583 g/mol. The first-order valence-electron chi connectivity index (χ1n) is 15.9. The molecule has 0 bridgehead atoms. The average Bonchev–Trinajstić information content (AvgIpc) is 3.30. The van der Waals surface area contributed by atoms with Gasteiger partial charge in [-0.15, -0.1) is 0 Å². The largest absolute Gasteiger partial charge is 0.491 e. The van der Waals surface area contributed by atoms with E-state index in [1.165, 1.54) is 25.7 Å². The molecule has 4 rings (SSSR count). The highest BCUT2D eigenvalue weighted by molar-refractivity contribution is 6.00. The van der Waals surface area contributed by atoms with Gasteiger partial charge in [0.1, 0.15) is 23.9 Å². The number of benzene rings is 1. The summed E-state index contributed by atoms with van der Waals surface area (Å²) in [5.41, 5.74) is -0.673. The van der Waals surface area contributed by atoms with E-state index in [9.17, 15) is 19.2 Å². The molecule has 1 aliphatic carbocycles. The number of likely N-dealkylation sites (tertiary alicyclic amines) is 1. The Bertz CT molecular complexity index is 1080. The van der Waals surface area contributed by atoms with Gasteiger partial charge in [-0.1, -0.05) is 51.7 Å². The van der Waals surface area contributed by atoms with Gasteiger partial charge in [0.05, 0.1) is 11.6 Å². The lowest BCUT2D eigenvalue weighted by Crippen LogP contribution is -2.60. The highest BCUT2D eigenvalue weighted by Gasteiger charge is 2.43. The van der Waals surface area contributed by atoms with E-state index in [1.54, 1.807) is 24.3 Å². The number of carbonyl (C=O) groups is 4. The average molecular weight is 584 g/mol. The Labute approximate surface area is 250 Å². The zero-order valence-corrected chi connectivity index (χ0v) is 25.3. The molecule has 2 atom stereocenters. The van der Waals surface area contributed by atoms with Crippen molar-refractivity contribution in [3.8, 4) is 5.75 Å². The standard InChI is InChI=1S/C32H49N5O5/c1-23(2)26-22-42-27-13-6-5-12-24(27)29(39)34-25(30(40)33-18-11-21-37-19-9-3-4-10-20-37)14-15-28(38)36-32(31(41)35-26)16-7-8-17-32/h5-6,12-13,23,25-26H,3-4,7-11,14-22H2,1-2H3,(H,33,40)(H,34,39)(H,35,41)(H,36,38)/t25-,26-/m0/s1. The van der Waals surface area contributed by atoms with Crippen molar-refractivity contribution in [2.45, 2.75) is 102 Å². The highest BCUT2D eigenvalue weighted by atomic mass is 16.5. The molecule has 0 aromatic heterocycles. The van der Waals surface area contributed by atoms with Crippen LogP contribution in [0.3, 0.4) is 0 Å². The smallest absolute Gasteiger partial charge is 0.255 e. The Hall–Kier alpha value is -3.14. The second kappa shape index (κ2) is 15.4. The molecular formula is C32H49N5O5. The van der Waals surface area contributed by atoms with Gasteiger partial charge in [-0.25, -0.2) is 0 Å². The molecule has 1 spiro atoms. The summed E-state index contributed by atoms with van der Waals surface area (Å²) in [6.45, 7) is 7.77. The van der Waals surface area contributed by atoms with Crippen LogP contribution in [0.25, 0.3) is 0 Å². The minimum Gasteiger partial charge on any atom is -0.491 e. The van der Waals surface area contributed by atoms with Crippen LogP contribution in [0.1, 0.15) is 94.8 Å². The number of fused-ring (bicyclic) bond motifs is 1. The van der Waals surface area contributed by atoms with Gasteiger partial charge >= 0.3 is 0 Å². The first kappa shape index (κ1) is 31.8. The van der Waals surface area contributed by atoms with Crippen molar-refractivity contribution in [1.82, 2.24) is 26.2 Å². The summed E-state index contributed by atoms with van der Waals surface area (Å²) in [6.07, 6.45) is 8.76. The van der Waals surface area contributed by atoms with Crippen molar-refractivity contribution >= 4 is 23.6 Å². The number of hydrogen-bond acceptors (Lipinski definition) is 6. The second-order valence-corrected chi connectivity index (χ2v) is 12.4. The van der Waals surface area contributed by atoms with Crippen LogP contribution in [-0.2, 0) is 14.4 Å². The van der Waals surface area contributed by atoms with Crippen molar-refractivity contribution < 1.29 is 23.9 Å². The van der Waals surface area contributed by atoms with E-state index in [4.69, 9.17) is 4.74 Å². The van der Waals surface area contributed by atoms with Gasteiger partial charge < -0.3 is 30.9 Å².